The summed E-state index contributed by atoms with van der Waals surface area (Å²) in [5.74, 6) is -0.989. The van der Waals surface area contributed by atoms with Gasteiger partial charge < -0.3 is 14.9 Å². The maximum Gasteiger partial charge on any atom is 0.355 e. The van der Waals surface area contributed by atoms with Crippen molar-refractivity contribution in [1.82, 2.24) is 9.97 Å². The van der Waals surface area contributed by atoms with Gasteiger partial charge in [0.1, 0.15) is 6.61 Å². The molecule has 0 unspecified atom stereocenters. The van der Waals surface area contributed by atoms with Crippen molar-refractivity contribution in [2.75, 3.05) is 0 Å². The van der Waals surface area contributed by atoms with E-state index in [2.05, 4.69) is 14.7 Å². The van der Waals surface area contributed by atoms with Crippen LogP contribution in [-0.4, -0.2) is 31.6 Å². The Morgan fingerprint density at radius 1 is 1.47 bits per heavy atom. The SMILES string of the molecule is O=COCc1nc(O)nc(O)c1[N+](=O)[O-]. The molecule has 1 rings (SSSR count). The van der Waals surface area contributed by atoms with Crippen molar-refractivity contribution in [2.45, 2.75) is 6.61 Å². The average molecular weight is 215 g/mol. The predicted molar refractivity (Wildman–Crippen MR) is 42.9 cm³/mol. The third-order valence-electron chi connectivity index (χ3n) is 1.40. The second kappa shape index (κ2) is 4.17. The van der Waals surface area contributed by atoms with Crippen molar-refractivity contribution < 1.29 is 24.7 Å². The van der Waals surface area contributed by atoms with Gasteiger partial charge in [0.25, 0.3) is 12.4 Å². The highest BCUT2D eigenvalue weighted by Crippen LogP contribution is 2.28. The number of aromatic hydroxyl groups is 2. The number of carbonyl (C=O) groups is 1. The van der Waals surface area contributed by atoms with Crippen LogP contribution >= 0.6 is 0 Å². The van der Waals surface area contributed by atoms with Crippen LogP contribution in [0.5, 0.6) is 11.9 Å². The van der Waals surface area contributed by atoms with Crippen LogP contribution in [0.15, 0.2) is 0 Å². The highest BCUT2D eigenvalue weighted by Gasteiger charge is 2.24. The number of rotatable bonds is 4. The van der Waals surface area contributed by atoms with Crippen molar-refractivity contribution in [2.24, 2.45) is 0 Å². The number of hydrogen-bond acceptors (Lipinski definition) is 8. The maximum atomic E-state index is 10.5. The van der Waals surface area contributed by atoms with Gasteiger partial charge in [0.2, 0.25) is 0 Å². The van der Waals surface area contributed by atoms with Gasteiger partial charge in [-0.25, -0.2) is 0 Å². The van der Waals surface area contributed by atoms with Crippen LogP contribution < -0.4 is 0 Å². The lowest BCUT2D eigenvalue weighted by molar-refractivity contribution is -0.387. The van der Waals surface area contributed by atoms with Gasteiger partial charge in [-0.3, -0.25) is 14.9 Å². The topological polar surface area (TPSA) is 136 Å². The molecule has 0 aromatic carbocycles. The van der Waals surface area contributed by atoms with E-state index in [1.54, 1.807) is 0 Å². The summed E-state index contributed by atoms with van der Waals surface area (Å²) in [4.78, 5) is 25.6. The Balaban J connectivity index is 3.20. The van der Waals surface area contributed by atoms with Crippen molar-refractivity contribution >= 4 is 12.2 Å². The lowest BCUT2D eigenvalue weighted by atomic mass is 10.3. The third kappa shape index (κ3) is 2.27. The molecule has 0 radical (unpaired) electrons. The first-order valence-electron chi connectivity index (χ1n) is 3.54. The van der Waals surface area contributed by atoms with E-state index < -0.39 is 34.8 Å². The number of carbonyl (C=O) groups excluding carboxylic acids is 1. The van der Waals surface area contributed by atoms with E-state index in [0.717, 1.165) is 0 Å². The van der Waals surface area contributed by atoms with Gasteiger partial charge in [-0.2, -0.15) is 9.97 Å². The molecule has 0 aliphatic heterocycles. The van der Waals surface area contributed by atoms with Crippen LogP contribution in [0.4, 0.5) is 5.69 Å². The predicted octanol–water partition coefficient (Wildman–Crippen LogP) is -0.531. The van der Waals surface area contributed by atoms with Gasteiger partial charge in [-0.05, 0) is 0 Å². The second-order valence-electron chi connectivity index (χ2n) is 2.31. The fourth-order valence-electron chi connectivity index (χ4n) is 0.876. The van der Waals surface area contributed by atoms with Gasteiger partial charge in [-0.15, -0.1) is 0 Å². The Morgan fingerprint density at radius 2 is 2.13 bits per heavy atom. The minimum Gasteiger partial charge on any atom is -0.488 e. The molecule has 0 saturated carbocycles. The molecule has 0 amide bonds. The molecule has 0 spiro atoms. The van der Waals surface area contributed by atoms with Crippen molar-refractivity contribution in [3.8, 4) is 11.9 Å². The summed E-state index contributed by atoms with van der Waals surface area (Å²) in [5.41, 5.74) is -1.20. The summed E-state index contributed by atoms with van der Waals surface area (Å²) in [6, 6.07) is -0.845. The molecule has 2 N–H and O–H groups in total. The number of nitrogens with zero attached hydrogens (tertiary/aromatic N) is 3. The van der Waals surface area contributed by atoms with E-state index in [1.807, 2.05) is 0 Å². The zero-order chi connectivity index (χ0) is 11.4. The number of ether oxygens (including phenoxy) is 1. The summed E-state index contributed by atoms with van der Waals surface area (Å²) in [6.07, 6.45) is 0. The summed E-state index contributed by atoms with van der Waals surface area (Å²) in [6.45, 7) is -0.483. The van der Waals surface area contributed by atoms with Gasteiger partial charge in [0, 0.05) is 0 Å². The summed E-state index contributed by atoms with van der Waals surface area (Å²) in [5, 5.41) is 28.4. The van der Waals surface area contributed by atoms with E-state index in [-0.39, 0.29) is 6.47 Å². The summed E-state index contributed by atoms with van der Waals surface area (Å²) in [7, 11) is 0. The molecular weight excluding hydrogens is 210 g/mol. The first-order valence-corrected chi connectivity index (χ1v) is 3.54. The van der Waals surface area contributed by atoms with Crippen LogP contribution in [-0.2, 0) is 16.1 Å². The van der Waals surface area contributed by atoms with Gasteiger partial charge in [0.15, 0.2) is 5.69 Å². The molecule has 15 heavy (non-hydrogen) atoms. The molecule has 9 heteroatoms. The lowest BCUT2D eigenvalue weighted by Crippen LogP contribution is -2.02. The van der Waals surface area contributed by atoms with Crippen molar-refractivity contribution in [1.29, 1.82) is 0 Å². The Labute approximate surface area is 82.1 Å². The van der Waals surface area contributed by atoms with Crippen LogP contribution in [0.3, 0.4) is 0 Å². The molecule has 0 aliphatic carbocycles. The number of nitro groups is 1. The molecular formula is C6H5N3O6. The van der Waals surface area contributed by atoms with Crippen molar-refractivity contribution in [3.05, 3.63) is 15.8 Å². The Bertz CT molecular complexity index is 406. The molecule has 1 heterocycles. The zero-order valence-corrected chi connectivity index (χ0v) is 7.15. The lowest BCUT2D eigenvalue weighted by Gasteiger charge is -2.01. The van der Waals surface area contributed by atoms with Crippen LogP contribution in [0.2, 0.25) is 0 Å². The molecule has 80 valence electrons. The first kappa shape index (κ1) is 10.6. The van der Waals surface area contributed by atoms with Gasteiger partial charge in [0.05, 0.1) is 4.92 Å². The summed E-state index contributed by atoms with van der Waals surface area (Å²) >= 11 is 0. The Hall–Kier alpha value is -2.45. The monoisotopic (exact) mass is 215 g/mol. The number of hydrogen-bond donors (Lipinski definition) is 2. The zero-order valence-electron chi connectivity index (χ0n) is 7.15. The molecule has 0 aliphatic rings. The standard InChI is InChI=1S/C6H5N3O6/c10-2-15-1-3-4(9(13)14)5(11)8-6(12)7-3/h2H,1H2,(H2,7,8,11,12). The van der Waals surface area contributed by atoms with Crippen LogP contribution in [0, 0.1) is 10.1 Å². The van der Waals surface area contributed by atoms with E-state index >= 15 is 0 Å². The first-order chi connectivity index (χ1) is 7.06. The van der Waals surface area contributed by atoms with Crippen molar-refractivity contribution in [3.63, 3.8) is 0 Å². The molecule has 0 atom stereocenters. The quantitative estimate of drug-likeness (QED) is 0.388. The third-order valence-corrected chi connectivity index (χ3v) is 1.40. The highest BCUT2D eigenvalue weighted by atomic mass is 16.6. The van der Waals surface area contributed by atoms with E-state index in [9.17, 15) is 14.9 Å². The smallest absolute Gasteiger partial charge is 0.355 e. The minimum absolute atomic E-state index is 0.0555. The highest BCUT2D eigenvalue weighted by molar-refractivity contribution is 5.46. The molecule has 1 aromatic heterocycles. The molecule has 9 nitrogen and oxygen atoms in total. The van der Waals surface area contributed by atoms with E-state index in [1.165, 1.54) is 0 Å². The number of aromatic nitrogens is 2. The van der Waals surface area contributed by atoms with Crippen LogP contribution in [0.1, 0.15) is 5.69 Å². The van der Waals surface area contributed by atoms with Gasteiger partial charge in [-0.1, -0.05) is 0 Å². The minimum atomic E-state index is -0.989. The van der Waals surface area contributed by atoms with Gasteiger partial charge >= 0.3 is 11.7 Å². The fourth-order valence-corrected chi connectivity index (χ4v) is 0.876. The molecule has 0 saturated heterocycles. The second-order valence-corrected chi connectivity index (χ2v) is 2.31. The Morgan fingerprint density at radius 3 is 2.67 bits per heavy atom. The Kier molecular flexibility index (Phi) is 2.96. The fraction of sp³-hybridized carbons (Fsp3) is 0.167. The average Bonchev–Trinajstić information content (AvgIpc) is 2.12. The summed E-state index contributed by atoms with van der Waals surface area (Å²) < 4.78 is 4.22. The molecule has 0 bridgehead atoms. The molecule has 0 fully saturated rings. The normalized spacial score (nSPS) is 9.60. The van der Waals surface area contributed by atoms with E-state index in [4.69, 9.17) is 10.2 Å². The molecule has 1 aromatic rings. The van der Waals surface area contributed by atoms with Crippen LogP contribution in [0.25, 0.3) is 0 Å². The maximum absolute atomic E-state index is 10.5. The largest absolute Gasteiger partial charge is 0.488 e. The van der Waals surface area contributed by atoms with E-state index in [0.29, 0.717) is 0 Å².